The quantitative estimate of drug-likeness (QED) is 0.485. The van der Waals surface area contributed by atoms with Crippen molar-refractivity contribution in [3.8, 4) is 5.69 Å². The third-order valence-electron chi connectivity index (χ3n) is 4.76. The van der Waals surface area contributed by atoms with Gasteiger partial charge in [-0.2, -0.15) is 5.10 Å². The van der Waals surface area contributed by atoms with Crippen molar-refractivity contribution in [2.24, 2.45) is 5.73 Å². The second kappa shape index (κ2) is 10.1. The lowest BCUT2D eigenvalue weighted by Gasteiger charge is -2.13. The lowest BCUT2D eigenvalue weighted by atomic mass is 10.0. The van der Waals surface area contributed by atoms with E-state index in [2.05, 4.69) is 15.7 Å². The minimum atomic E-state index is -0.613. The molecule has 0 unspecified atom stereocenters. The van der Waals surface area contributed by atoms with Gasteiger partial charge < -0.3 is 16.4 Å². The first-order chi connectivity index (χ1) is 15.3. The fourth-order valence-corrected chi connectivity index (χ4v) is 3.32. The molecule has 4 N–H and O–H groups in total. The summed E-state index contributed by atoms with van der Waals surface area (Å²) < 4.78 is 1.75. The molecule has 1 aromatic heterocycles. The topological polar surface area (TPSA) is 119 Å². The molecule has 0 aliphatic carbocycles. The van der Waals surface area contributed by atoms with Crippen LogP contribution in [-0.4, -0.2) is 34.0 Å². The largest absolute Gasteiger partial charge is 0.368 e. The summed E-state index contributed by atoms with van der Waals surface area (Å²) in [6.45, 7) is 4.06. The molecule has 0 radical (unpaired) electrons. The normalized spacial score (nSPS) is 10.8. The van der Waals surface area contributed by atoms with E-state index in [9.17, 15) is 14.4 Å². The maximum atomic E-state index is 12.9. The molecule has 0 saturated heterocycles. The molecule has 0 spiro atoms. The van der Waals surface area contributed by atoms with Crippen LogP contribution in [0.3, 0.4) is 0 Å². The summed E-state index contributed by atoms with van der Waals surface area (Å²) >= 11 is 5.98. The van der Waals surface area contributed by atoms with Crippen molar-refractivity contribution in [3.63, 3.8) is 0 Å². The van der Waals surface area contributed by atoms with Crippen LogP contribution in [0.2, 0.25) is 5.02 Å². The van der Waals surface area contributed by atoms with Gasteiger partial charge in [-0.15, -0.1) is 0 Å². The molecule has 2 aromatic carbocycles. The van der Waals surface area contributed by atoms with Crippen LogP contribution in [0.15, 0.2) is 54.7 Å². The van der Waals surface area contributed by atoms with Crippen LogP contribution in [0, 0.1) is 0 Å². The van der Waals surface area contributed by atoms with Crippen LogP contribution in [0.1, 0.15) is 51.7 Å². The van der Waals surface area contributed by atoms with Gasteiger partial charge in [-0.05, 0) is 47.9 Å². The molecule has 0 fully saturated rings. The Kier molecular flexibility index (Phi) is 7.27. The van der Waals surface area contributed by atoms with Crippen molar-refractivity contribution in [1.29, 1.82) is 0 Å². The number of halogens is 1. The molecule has 8 nitrogen and oxygen atoms in total. The summed E-state index contributed by atoms with van der Waals surface area (Å²) in [5.74, 6) is -1.18. The standard InChI is InChI=1S/C23H24ClN5O3/c1-14(2)21-19(12-28-29(21)18-9-7-17(24)8-10-18)23(32)26-11-15-3-5-16(6-4-15)22(31)27-13-20(25)30/h3-10,12,14H,11,13H2,1-2H3,(H2,25,30)(H,26,32)(H,27,31). The summed E-state index contributed by atoms with van der Waals surface area (Å²) in [5, 5.41) is 10.4. The van der Waals surface area contributed by atoms with Crippen LogP contribution in [0.5, 0.6) is 0 Å². The number of benzene rings is 2. The SMILES string of the molecule is CC(C)c1c(C(=O)NCc2ccc(C(=O)NCC(N)=O)cc2)cnn1-c1ccc(Cl)cc1. The Morgan fingerprint density at radius 2 is 1.66 bits per heavy atom. The molecule has 0 atom stereocenters. The molecular weight excluding hydrogens is 430 g/mol. The predicted octanol–water partition coefficient (Wildman–Crippen LogP) is 2.79. The number of nitrogens with one attached hydrogen (secondary N) is 2. The lowest BCUT2D eigenvalue weighted by molar-refractivity contribution is -0.117. The number of aromatic nitrogens is 2. The van der Waals surface area contributed by atoms with Crippen molar-refractivity contribution >= 4 is 29.3 Å². The van der Waals surface area contributed by atoms with E-state index in [1.165, 1.54) is 0 Å². The van der Waals surface area contributed by atoms with Gasteiger partial charge >= 0.3 is 0 Å². The molecule has 0 aliphatic rings. The van der Waals surface area contributed by atoms with Crippen LogP contribution >= 0.6 is 11.6 Å². The first-order valence-corrected chi connectivity index (χ1v) is 10.4. The van der Waals surface area contributed by atoms with Crippen molar-refractivity contribution in [1.82, 2.24) is 20.4 Å². The number of nitrogens with zero attached hydrogens (tertiary/aromatic N) is 2. The van der Waals surface area contributed by atoms with E-state index in [1.54, 1.807) is 47.3 Å². The summed E-state index contributed by atoms with van der Waals surface area (Å²) in [5.41, 5.74) is 8.36. The number of rotatable bonds is 8. The molecule has 32 heavy (non-hydrogen) atoms. The zero-order valence-corrected chi connectivity index (χ0v) is 18.5. The van der Waals surface area contributed by atoms with Crippen LogP contribution in [0.4, 0.5) is 0 Å². The highest BCUT2D eigenvalue weighted by molar-refractivity contribution is 6.30. The van der Waals surface area contributed by atoms with Crippen molar-refractivity contribution in [2.45, 2.75) is 26.3 Å². The maximum Gasteiger partial charge on any atom is 0.255 e. The van der Waals surface area contributed by atoms with E-state index >= 15 is 0 Å². The summed E-state index contributed by atoms with van der Waals surface area (Å²) in [4.78, 5) is 35.6. The molecular formula is C23H24ClN5O3. The Balaban J connectivity index is 1.69. The van der Waals surface area contributed by atoms with Gasteiger partial charge in [0.15, 0.2) is 0 Å². The Morgan fingerprint density at radius 1 is 1.00 bits per heavy atom. The monoisotopic (exact) mass is 453 g/mol. The van der Waals surface area contributed by atoms with Gasteiger partial charge in [0.2, 0.25) is 5.91 Å². The van der Waals surface area contributed by atoms with E-state index < -0.39 is 11.8 Å². The molecule has 3 rings (SSSR count). The van der Waals surface area contributed by atoms with Crippen LogP contribution in [-0.2, 0) is 11.3 Å². The number of amides is 3. The smallest absolute Gasteiger partial charge is 0.255 e. The second-order valence-electron chi connectivity index (χ2n) is 7.51. The van der Waals surface area contributed by atoms with Gasteiger partial charge in [0, 0.05) is 17.1 Å². The zero-order valence-electron chi connectivity index (χ0n) is 17.8. The molecule has 0 bridgehead atoms. The van der Waals surface area contributed by atoms with Crippen molar-refractivity contribution in [3.05, 3.63) is 82.1 Å². The fraction of sp³-hybridized carbons (Fsp3) is 0.217. The van der Waals surface area contributed by atoms with Gasteiger partial charge in [0.25, 0.3) is 11.8 Å². The minimum absolute atomic E-state index is 0.0622. The highest BCUT2D eigenvalue weighted by Crippen LogP contribution is 2.24. The summed E-state index contributed by atoms with van der Waals surface area (Å²) in [7, 11) is 0. The fourth-order valence-electron chi connectivity index (χ4n) is 3.20. The number of hydrogen-bond donors (Lipinski definition) is 3. The minimum Gasteiger partial charge on any atom is -0.368 e. The van der Waals surface area contributed by atoms with Gasteiger partial charge in [0.1, 0.15) is 0 Å². The molecule has 9 heteroatoms. The van der Waals surface area contributed by atoms with Crippen LogP contribution in [0.25, 0.3) is 5.69 Å². The number of nitrogens with two attached hydrogens (primary N) is 1. The maximum absolute atomic E-state index is 12.9. The molecule has 166 valence electrons. The number of carbonyl (C=O) groups is 3. The van der Waals surface area contributed by atoms with E-state index in [4.69, 9.17) is 17.3 Å². The van der Waals surface area contributed by atoms with E-state index in [0.717, 1.165) is 16.9 Å². The molecule has 3 aromatic rings. The Bertz CT molecular complexity index is 1120. The van der Waals surface area contributed by atoms with Crippen molar-refractivity contribution < 1.29 is 14.4 Å². The average molecular weight is 454 g/mol. The lowest BCUT2D eigenvalue weighted by Crippen LogP contribution is -2.33. The van der Waals surface area contributed by atoms with Crippen molar-refractivity contribution in [2.75, 3.05) is 6.54 Å². The van der Waals surface area contributed by atoms with Gasteiger partial charge in [-0.1, -0.05) is 37.6 Å². The number of hydrogen-bond acceptors (Lipinski definition) is 4. The Labute approximate surface area is 190 Å². The first-order valence-electron chi connectivity index (χ1n) is 10.0. The van der Waals surface area contributed by atoms with Crippen LogP contribution < -0.4 is 16.4 Å². The van der Waals surface area contributed by atoms with Gasteiger partial charge in [-0.3, -0.25) is 14.4 Å². The number of carbonyl (C=O) groups excluding carboxylic acids is 3. The average Bonchev–Trinajstić information content (AvgIpc) is 3.22. The third-order valence-corrected chi connectivity index (χ3v) is 5.01. The third kappa shape index (κ3) is 5.53. The Hall–Kier alpha value is -3.65. The van der Waals surface area contributed by atoms with E-state index in [1.807, 2.05) is 26.0 Å². The summed E-state index contributed by atoms with van der Waals surface area (Å²) in [6, 6.07) is 14.0. The first kappa shape index (κ1) is 23.0. The molecule has 1 heterocycles. The summed E-state index contributed by atoms with van der Waals surface area (Å²) in [6.07, 6.45) is 1.56. The molecule has 0 aliphatic heterocycles. The van der Waals surface area contributed by atoms with E-state index in [-0.39, 0.29) is 24.9 Å². The van der Waals surface area contributed by atoms with Gasteiger partial charge in [-0.25, -0.2) is 4.68 Å². The van der Waals surface area contributed by atoms with Gasteiger partial charge in [0.05, 0.1) is 29.7 Å². The highest BCUT2D eigenvalue weighted by atomic mass is 35.5. The number of primary amides is 1. The van der Waals surface area contributed by atoms with E-state index in [0.29, 0.717) is 16.1 Å². The highest BCUT2D eigenvalue weighted by Gasteiger charge is 2.20. The molecule has 0 saturated carbocycles. The zero-order chi connectivity index (χ0) is 23.3. The Morgan fingerprint density at radius 3 is 2.25 bits per heavy atom. The predicted molar refractivity (Wildman–Crippen MR) is 122 cm³/mol. The molecule has 3 amide bonds. The second-order valence-corrected chi connectivity index (χ2v) is 7.95.